The van der Waals surface area contributed by atoms with Crippen molar-refractivity contribution in [3.63, 3.8) is 0 Å². The average Bonchev–Trinajstić information content (AvgIpc) is 3.12. The molecule has 4 rings (SSSR count). The van der Waals surface area contributed by atoms with Gasteiger partial charge in [-0.1, -0.05) is 64.2 Å². The molecular weight excluding hydrogens is 654 g/mol. The van der Waals surface area contributed by atoms with E-state index in [1.165, 1.54) is 69.6 Å². The van der Waals surface area contributed by atoms with Crippen LogP contribution in [0.2, 0.25) is 0 Å². The summed E-state index contributed by atoms with van der Waals surface area (Å²) in [4.78, 5) is 0. The van der Waals surface area contributed by atoms with Gasteiger partial charge in [0.05, 0.1) is 13.2 Å². The van der Waals surface area contributed by atoms with Crippen molar-refractivity contribution in [2.75, 3.05) is 19.8 Å². The largest absolute Gasteiger partial charge is 0.490 e. The smallest absolute Gasteiger partial charge is 0.204 e. The van der Waals surface area contributed by atoms with Gasteiger partial charge in [0.2, 0.25) is 17.5 Å². The first-order valence-electron chi connectivity index (χ1n) is 19.0. The molecule has 50 heavy (non-hydrogen) atoms. The topological polar surface area (TPSA) is 27.7 Å². The van der Waals surface area contributed by atoms with Crippen molar-refractivity contribution in [3.8, 4) is 17.2 Å². The van der Waals surface area contributed by atoms with Crippen molar-refractivity contribution in [2.24, 2.45) is 23.7 Å². The summed E-state index contributed by atoms with van der Waals surface area (Å²) < 4.78 is 104. The van der Waals surface area contributed by atoms with E-state index >= 15 is 4.39 Å². The van der Waals surface area contributed by atoms with Crippen LogP contribution < -0.4 is 14.2 Å². The molecule has 0 amide bonds. The second-order valence-electron chi connectivity index (χ2n) is 14.3. The Bertz CT molecular complexity index is 1320. The lowest BCUT2D eigenvalue weighted by atomic mass is 9.77. The Morgan fingerprint density at radius 2 is 1.18 bits per heavy atom. The molecule has 0 aromatic heterocycles. The van der Waals surface area contributed by atoms with Gasteiger partial charge in [0.25, 0.3) is 0 Å². The van der Waals surface area contributed by atoms with Crippen LogP contribution in [0.4, 0.5) is 26.3 Å². The minimum Gasteiger partial charge on any atom is -0.490 e. The van der Waals surface area contributed by atoms with Crippen LogP contribution in [0.25, 0.3) is 0 Å². The van der Waals surface area contributed by atoms with Crippen LogP contribution in [0, 0.1) is 46.9 Å². The van der Waals surface area contributed by atoms with Crippen molar-refractivity contribution in [1.82, 2.24) is 0 Å². The van der Waals surface area contributed by atoms with Gasteiger partial charge in [-0.2, -0.15) is 13.2 Å². The summed E-state index contributed by atoms with van der Waals surface area (Å²) in [5.41, 5.74) is -0.262. The Morgan fingerprint density at radius 3 is 1.80 bits per heavy atom. The molecule has 2 unspecified atom stereocenters. The molecular formula is C41H56F6O3. The van der Waals surface area contributed by atoms with E-state index in [1.54, 1.807) is 0 Å². The van der Waals surface area contributed by atoms with Crippen LogP contribution in [0.3, 0.4) is 0 Å². The predicted octanol–water partition coefficient (Wildman–Crippen LogP) is 12.2. The van der Waals surface area contributed by atoms with E-state index in [-0.39, 0.29) is 42.6 Å². The Kier molecular flexibility index (Phi) is 16.7. The minimum atomic E-state index is -1.84. The maximum absolute atomic E-state index is 15.1. The van der Waals surface area contributed by atoms with E-state index in [9.17, 15) is 22.0 Å². The third kappa shape index (κ3) is 12.1. The third-order valence-corrected chi connectivity index (χ3v) is 10.5. The Balaban J connectivity index is 1.14. The molecule has 0 N–H and O–H groups in total. The second-order valence-corrected chi connectivity index (χ2v) is 14.3. The van der Waals surface area contributed by atoms with Crippen molar-refractivity contribution >= 4 is 0 Å². The molecule has 0 aliphatic heterocycles. The zero-order valence-electron chi connectivity index (χ0n) is 29.9. The predicted molar refractivity (Wildman–Crippen MR) is 186 cm³/mol. The molecule has 0 heterocycles. The first-order valence-corrected chi connectivity index (χ1v) is 19.0. The summed E-state index contributed by atoms with van der Waals surface area (Å²) in [6.45, 7) is 3.59. The van der Waals surface area contributed by atoms with E-state index in [4.69, 9.17) is 14.2 Å². The molecule has 0 saturated heterocycles. The molecule has 2 aromatic carbocycles. The summed E-state index contributed by atoms with van der Waals surface area (Å²) in [5.74, 6) is -4.28. The van der Waals surface area contributed by atoms with Crippen LogP contribution in [-0.4, -0.2) is 32.2 Å². The molecule has 0 bridgehead atoms. The zero-order valence-corrected chi connectivity index (χ0v) is 29.9. The number of halogens is 6. The fourth-order valence-electron chi connectivity index (χ4n) is 7.26. The highest BCUT2D eigenvalue weighted by molar-refractivity contribution is 5.35. The zero-order chi connectivity index (χ0) is 35.9. The van der Waals surface area contributed by atoms with Crippen LogP contribution in [0.1, 0.15) is 116 Å². The highest BCUT2D eigenvalue weighted by atomic mass is 19.2. The maximum atomic E-state index is 15.1. The number of benzene rings is 2. The fraction of sp³-hybridized carbons (Fsp3) is 0.659. The van der Waals surface area contributed by atoms with E-state index in [0.29, 0.717) is 18.3 Å². The van der Waals surface area contributed by atoms with E-state index in [1.807, 2.05) is 6.92 Å². The van der Waals surface area contributed by atoms with Gasteiger partial charge >= 0.3 is 0 Å². The fourth-order valence-corrected chi connectivity index (χ4v) is 7.26. The van der Waals surface area contributed by atoms with Gasteiger partial charge in [-0.05, 0) is 105 Å². The monoisotopic (exact) mass is 710 g/mol. The molecule has 280 valence electrons. The summed E-state index contributed by atoms with van der Waals surface area (Å²) in [6, 6.07) is 4.71. The number of alkyl halides is 2. The van der Waals surface area contributed by atoms with E-state index in [2.05, 4.69) is 19.1 Å². The molecule has 2 aliphatic rings. The first-order chi connectivity index (χ1) is 24.2. The molecule has 2 atom stereocenters. The lowest BCUT2D eigenvalue weighted by Gasteiger charge is -2.30. The highest BCUT2D eigenvalue weighted by Gasteiger charge is 2.28. The minimum absolute atomic E-state index is 0.0718. The summed E-state index contributed by atoms with van der Waals surface area (Å²) in [7, 11) is 0. The standard InChI is InChI=1S/C41H56F6O3/c1-3-5-7-8-28-9-11-29(12-10-28)13-14-30-15-17-31(18-16-30)34(43)23-25-49-35-20-19-32(38(44)39(35)45)26-33(42)27-50-37-22-21-36(40(46)41(37)47)48-24-6-4-2/h13-14,19-22,28-31,33-34H,3-12,15-18,23-27H2,1-2H3. The summed E-state index contributed by atoms with van der Waals surface area (Å²) in [6.07, 6.45) is 17.0. The molecule has 9 heteroatoms. The number of ether oxygens (including phenoxy) is 3. The normalized spacial score (nSPS) is 22.4. The van der Waals surface area contributed by atoms with Crippen LogP contribution in [0.15, 0.2) is 36.4 Å². The molecule has 3 nitrogen and oxygen atoms in total. The van der Waals surface area contributed by atoms with Crippen molar-refractivity contribution in [3.05, 3.63) is 65.2 Å². The van der Waals surface area contributed by atoms with E-state index < -0.39 is 54.4 Å². The SMILES string of the molecule is CCCCCC1CCC(C=CC2CCC(C(F)CCOc3ccc(CC(F)COc4ccc(OCCCC)c(F)c4F)c(F)c3F)CC2)CC1. The Hall–Kier alpha value is -2.84. The van der Waals surface area contributed by atoms with Gasteiger partial charge < -0.3 is 14.2 Å². The molecule has 0 spiro atoms. The van der Waals surface area contributed by atoms with Crippen molar-refractivity contribution in [2.45, 2.75) is 129 Å². The lowest BCUT2D eigenvalue weighted by molar-refractivity contribution is 0.135. The van der Waals surface area contributed by atoms with Gasteiger partial charge in [0, 0.05) is 12.8 Å². The van der Waals surface area contributed by atoms with Crippen LogP contribution >= 0.6 is 0 Å². The maximum Gasteiger partial charge on any atom is 0.204 e. The van der Waals surface area contributed by atoms with Crippen molar-refractivity contribution in [1.29, 1.82) is 0 Å². The van der Waals surface area contributed by atoms with Gasteiger partial charge in [0.1, 0.15) is 19.0 Å². The molecule has 0 radical (unpaired) electrons. The number of allylic oxidation sites excluding steroid dienone is 2. The number of hydrogen-bond donors (Lipinski definition) is 0. The molecule has 2 aromatic rings. The second kappa shape index (κ2) is 20.9. The molecule has 2 fully saturated rings. The van der Waals surface area contributed by atoms with Gasteiger partial charge in [-0.3, -0.25) is 0 Å². The van der Waals surface area contributed by atoms with Gasteiger partial charge in [-0.25, -0.2) is 13.2 Å². The van der Waals surface area contributed by atoms with E-state index in [0.717, 1.165) is 44.1 Å². The number of unbranched alkanes of at least 4 members (excludes halogenated alkanes) is 3. The third-order valence-electron chi connectivity index (χ3n) is 10.5. The quantitative estimate of drug-likeness (QED) is 0.0778. The Morgan fingerprint density at radius 1 is 0.640 bits per heavy atom. The molecule has 2 aliphatic carbocycles. The first kappa shape index (κ1) is 39.9. The summed E-state index contributed by atoms with van der Waals surface area (Å²) >= 11 is 0. The number of rotatable bonds is 20. The average molecular weight is 711 g/mol. The number of hydrogen-bond acceptors (Lipinski definition) is 3. The van der Waals surface area contributed by atoms with Crippen LogP contribution in [0.5, 0.6) is 17.2 Å². The van der Waals surface area contributed by atoms with Gasteiger partial charge in [-0.15, -0.1) is 0 Å². The van der Waals surface area contributed by atoms with Crippen LogP contribution in [-0.2, 0) is 6.42 Å². The Labute approximate surface area is 295 Å². The summed E-state index contributed by atoms with van der Waals surface area (Å²) in [5, 5.41) is 0. The molecule has 2 saturated carbocycles. The van der Waals surface area contributed by atoms with Gasteiger partial charge in [0.15, 0.2) is 23.1 Å². The highest BCUT2D eigenvalue weighted by Crippen LogP contribution is 2.37. The lowest BCUT2D eigenvalue weighted by Crippen LogP contribution is -2.24. The van der Waals surface area contributed by atoms with Crippen molar-refractivity contribution < 1.29 is 40.6 Å².